The van der Waals surface area contributed by atoms with Gasteiger partial charge in [-0.1, -0.05) is 18.2 Å². The molecule has 1 N–H and O–H groups in total. The average Bonchev–Trinajstić information content (AvgIpc) is 2.76. The van der Waals surface area contributed by atoms with Gasteiger partial charge in [-0.05, 0) is 57.4 Å². The van der Waals surface area contributed by atoms with Crippen molar-refractivity contribution in [3.8, 4) is 0 Å². The molecule has 0 bridgehead atoms. The number of nitrogens with zero attached hydrogens (tertiary/aromatic N) is 2. The molecule has 3 nitrogen and oxygen atoms in total. The predicted molar refractivity (Wildman–Crippen MR) is 88.3 cm³/mol. The third-order valence-corrected chi connectivity index (χ3v) is 5.01. The van der Waals surface area contributed by atoms with Crippen LogP contribution in [0.5, 0.6) is 0 Å². The number of hydrogen-bond acceptors (Lipinski definition) is 3. The molecule has 2 saturated heterocycles. The first-order valence-electron chi connectivity index (χ1n) is 8.70. The summed E-state index contributed by atoms with van der Waals surface area (Å²) in [5.41, 5.74) is 0.828. The van der Waals surface area contributed by atoms with E-state index in [0.29, 0.717) is 0 Å². The minimum absolute atomic E-state index is 0.0710. The SMILES string of the molecule is Fc1ccccc1CN1CCCN(CC2CCNCC2)CC1. The lowest BCUT2D eigenvalue weighted by Gasteiger charge is -2.29. The Bertz CT molecular complexity index is 459. The standard InChI is InChI=1S/C18H28FN3/c19-18-5-2-1-4-17(18)15-22-11-3-10-21(12-13-22)14-16-6-8-20-9-7-16/h1-2,4-5,16,20H,3,6-15H2. The van der Waals surface area contributed by atoms with E-state index < -0.39 is 0 Å². The van der Waals surface area contributed by atoms with Gasteiger partial charge in [0.15, 0.2) is 0 Å². The van der Waals surface area contributed by atoms with E-state index in [-0.39, 0.29) is 5.82 Å². The monoisotopic (exact) mass is 305 g/mol. The molecular weight excluding hydrogens is 277 g/mol. The second-order valence-electron chi connectivity index (χ2n) is 6.72. The molecule has 0 saturated carbocycles. The van der Waals surface area contributed by atoms with Crippen LogP contribution >= 0.6 is 0 Å². The van der Waals surface area contributed by atoms with E-state index in [1.807, 2.05) is 12.1 Å². The van der Waals surface area contributed by atoms with Crippen LogP contribution in [-0.2, 0) is 6.54 Å². The highest BCUT2D eigenvalue weighted by molar-refractivity contribution is 5.17. The maximum absolute atomic E-state index is 13.8. The molecule has 2 aliphatic heterocycles. The Balaban J connectivity index is 1.48. The molecule has 4 heteroatoms. The molecular formula is C18H28FN3. The van der Waals surface area contributed by atoms with Crippen LogP contribution in [0.1, 0.15) is 24.8 Å². The van der Waals surface area contributed by atoms with Crippen molar-refractivity contribution >= 4 is 0 Å². The van der Waals surface area contributed by atoms with Crippen molar-refractivity contribution in [3.05, 3.63) is 35.6 Å². The fraction of sp³-hybridized carbons (Fsp3) is 0.667. The molecule has 0 aliphatic carbocycles. The molecule has 1 aromatic carbocycles. The number of nitrogens with one attached hydrogen (secondary N) is 1. The Labute approximate surface area is 133 Å². The van der Waals surface area contributed by atoms with Gasteiger partial charge in [0, 0.05) is 31.7 Å². The Hall–Kier alpha value is -0.970. The molecule has 2 heterocycles. The Kier molecular flexibility index (Phi) is 5.82. The summed E-state index contributed by atoms with van der Waals surface area (Å²) < 4.78 is 13.8. The van der Waals surface area contributed by atoms with Gasteiger partial charge in [0.2, 0.25) is 0 Å². The first-order chi connectivity index (χ1) is 10.8. The molecule has 0 unspecified atom stereocenters. The second-order valence-corrected chi connectivity index (χ2v) is 6.72. The van der Waals surface area contributed by atoms with Gasteiger partial charge in [-0.25, -0.2) is 4.39 Å². The van der Waals surface area contributed by atoms with Crippen molar-refractivity contribution in [1.29, 1.82) is 0 Å². The van der Waals surface area contributed by atoms with E-state index in [4.69, 9.17) is 0 Å². The largest absolute Gasteiger partial charge is 0.317 e. The third kappa shape index (κ3) is 4.51. The summed E-state index contributed by atoms with van der Waals surface area (Å²) in [5, 5.41) is 3.44. The summed E-state index contributed by atoms with van der Waals surface area (Å²) in [7, 11) is 0. The van der Waals surface area contributed by atoms with Crippen molar-refractivity contribution in [2.45, 2.75) is 25.8 Å². The summed E-state index contributed by atoms with van der Waals surface area (Å²) >= 11 is 0. The van der Waals surface area contributed by atoms with Crippen LogP contribution in [0.3, 0.4) is 0 Å². The van der Waals surface area contributed by atoms with Crippen LogP contribution in [0.2, 0.25) is 0 Å². The summed E-state index contributed by atoms with van der Waals surface area (Å²) in [6, 6.07) is 7.17. The first kappa shape index (κ1) is 15.9. The van der Waals surface area contributed by atoms with E-state index in [1.54, 1.807) is 12.1 Å². The lowest BCUT2D eigenvalue weighted by atomic mass is 9.97. The van der Waals surface area contributed by atoms with Gasteiger partial charge in [0.1, 0.15) is 5.82 Å². The molecule has 122 valence electrons. The number of piperidine rings is 1. The maximum atomic E-state index is 13.8. The predicted octanol–water partition coefficient (Wildman–Crippen LogP) is 2.33. The van der Waals surface area contributed by atoms with E-state index in [2.05, 4.69) is 15.1 Å². The fourth-order valence-corrected chi connectivity index (χ4v) is 3.66. The van der Waals surface area contributed by atoms with E-state index >= 15 is 0 Å². The molecule has 3 rings (SSSR count). The van der Waals surface area contributed by atoms with Crippen LogP contribution in [0.25, 0.3) is 0 Å². The lowest BCUT2D eigenvalue weighted by Crippen LogP contribution is -2.38. The summed E-state index contributed by atoms with van der Waals surface area (Å²) in [5.74, 6) is 0.790. The molecule has 0 aromatic heterocycles. The van der Waals surface area contributed by atoms with Crippen molar-refractivity contribution in [3.63, 3.8) is 0 Å². The van der Waals surface area contributed by atoms with Crippen molar-refractivity contribution < 1.29 is 4.39 Å². The lowest BCUT2D eigenvalue weighted by molar-refractivity contribution is 0.204. The Morgan fingerprint density at radius 1 is 1.00 bits per heavy atom. The molecule has 0 amide bonds. The molecule has 0 atom stereocenters. The quantitative estimate of drug-likeness (QED) is 0.921. The summed E-state index contributed by atoms with van der Waals surface area (Å²) in [6.45, 7) is 8.80. The highest BCUT2D eigenvalue weighted by Crippen LogP contribution is 2.16. The Morgan fingerprint density at radius 2 is 1.73 bits per heavy atom. The van der Waals surface area contributed by atoms with Gasteiger partial charge in [-0.3, -0.25) is 4.90 Å². The van der Waals surface area contributed by atoms with Crippen LogP contribution < -0.4 is 5.32 Å². The van der Waals surface area contributed by atoms with Crippen LogP contribution in [-0.4, -0.2) is 55.6 Å². The van der Waals surface area contributed by atoms with E-state index in [0.717, 1.165) is 37.7 Å². The minimum atomic E-state index is -0.0710. The number of halogens is 1. The van der Waals surface area contributed by atoms with E-state index in [9.17, 15) is 4.39 Å². The minimum Gasteiger partial charge on any atom is -0.317 e. The van der Waals surface area contributed by atoms with Crippen molar-refractivity contribution in [1.82, 2.24) is 15.1 Å². The zero-order valence-electron chi connectivity index (χ0n) is 13.4. The van der Waals surface area contributed by atoms with Gasteiger partial charge in [0.05, 0.1) is 0 Å². The molecule has 22 heavy (non-hydrogen) atoms. The average molecular weight is 305 g/mol. The zero-order chi connectivity index (χ0) is 15.2. The van der Waals surface area contributed by atoms with Gasteiger partial charge in [-0.2, -0.15) is 0 Å². The topological polar surface area (TPSA) is 18.5 Å². The normalized spacial score (nSPS) is 22.6. The van der Waals surface area contributed by atoms with Gasteiger partial charge >= 0.3 is 0 Å². The number of rotatable bonds is 4. The van der Waals surface area contributed by atoms with Gasteiger partial charge in [0.25, 0.3) is 0 Å². The van der Waals surface area contributed by atoms with Crippen molar-refractivity contribution in [2.24, 2.45) is 5.92 Å². The summed E-state index contributed by atoms with van der Waals surface area (Å²) in [6.07, 6.45) is 3.82. The Morgan fingerprint density at radius 3 is 2.55 bits per heavy atom. The highest BCUT2D eigenvalue weighted by atomic mass is 19.1. The fourth-order valence-electron chi connectivity index (χ4n) is 3.66. The van der Waals surface area contributed by atoms with Crippen LogP contribution in [0, 0.1) is 11.7 Å². The number of hydrogen-bond donors (Lipinski definition) is 1. The molecule has 0 spiro atoms. The zero-order valence-corrected chi connectivity index (χ0v) is 13.4. The highest BCUT2D eigenvalue weighted by Gasteiger charge is 2.20. The summed E-state index contributed by atoms with van der Waals surface area (Å²) in [4.78, 5) is 5.03. The maximum Gasteiger partial charge on any atom is 0.127 e. The van der Waals surface area contributed by atoms with Crippen LogP contribution in [0.15, 0.2) is 24.3 Å². The molecule has 2 fully saturated rings. The molecule has 2 aliphatic rings. The second kappa shape index (κ2) is 8.04. The molecule has 1 aromatic rings. The smallest absolute Gasteiger partial charge is 0.127 e. The number of benzene rings is 1. The van der Waals surface area contributed by atoms with Crippen molar-refractivity contribution in [2.75, 3.05) is 45.8 Å². The van der Waals surface area contributed by atoms with E-state index in [1.165, 1.54) is 45.4 Å². The third-order valence-electron chi connectivity index (χ3n) is 5.01. The van der Waals surface area contributed by atoms with Gasteiger partial charge < -0.3 is 10.2 Å². The van der Waals surface area contributed by atoms with Crippen LogP contribution in [0.4, 0.5) is 4.39 Å². The molecule has 0 radical (unpaired) electrons. The first-order valence-corrected chi connectivity index (χ1v) is 8.70. The van der Waals surface area contributed by atoms with Gasteiger partial charge in [-0.15, -0.1) is 0 Å².